The molecule has 130 valence electrons. The normalized spacial score (nSPS) is 19.5. The van der Waals surface area contributed by atoms with Gasteiger partial charge in [-0.2, -0.15) is 0 Å². The minimum Gasteiger partial charge on any atom is -0.355 e. The van der Waals surface area contributed by atoms with E-state index in [0.29, 0.717) is 19.4 Å². The maximum absolute atomic E-state index is 12.8. The van der Waals surface area contributed by atoms with Crippen molar-refractivity contribution in [1.29, 1.82) is 0 Å². The standard InChI is InChI=1S/C18H26N4O2/c1-2-15(22-13-7-9-16(22)23)18(24)20-14-8-6-10-19-17(14)21-11-4-3-5-12-21/h6,8,10,15H,2-5,7,9,11-13H2,1H3,(H,20,24). The molecule has 0 aromatic carbocycles. The van der Waals surface area contributed by atoms with Crippen LogP contribution in [-0.2, 0) is 9.59 Å². The van der Waals surface area contributed by atoms with Crippen molar-refractivity contribution in [2.24, 2.45) is 0 Å². The fraction of sp³-hybridized carbons (Fsp3) is 0.611. The first kappa shape index (κ1) is 16.7. The SMILES string of the molecule is CCC(C(=O)Nc1cccnc1N1CCCCC1)N1CCCC1=O. The van der Waals surface area contributed by atoms with Gasteiger partial charge < -0.3 is 15.1 Å². The van der Waals surface area contributed by atoms with E-state index in [4.69, 9.17) is 0 Å². The quantitative estimate of drug-likeness (QED) is 0.900. The lowest BCUT2D eigenvalue weighted by atomic mass is 10.1. The van der Waals surface area contributed by atoms with Gasteiger partial charge in [-0.1, -0.05) is 6.92 Å². The van der Waals surface area contributed by atoms with Gasteiger partial charge >= 0.3 is 0 Å². The van der Waals surface area contributed by atoms with Crippen LogP contribution in [0.25, 0.3) is 0 Å². The van der Waals surface area contributed by atoms with Gasteiger partial charge in [-0.15, -0.1) is 0 Å². The smallest absolute Gasteiger partial charge is 0.247 e. The first-order valence-corrected chi connectivity index (χ1v) is 9.01. The second kappa shape index (κ2) is 7.64. The summed E-state index contributed by atoms with van der Waals surface area (Å²) in [6, 6.07) is 3.34. The minimum atomic E-state index is -0.394. The van der Waals surface area contributed by atoms with Gasteiger partial charge in [0.15, 0.2) is 5.82 Å². The van der Waals surface area contributed by atoms with E-state index in [1.807, 2.05) is 19.1 Å². The zero-order valence-corrected chi connectivity index (χ0v) is 14.3. The van der Waals surface area contributed by atoms with Gasteiger partial charge in [0.1, 0.15) is 6.04 Å². The molecule has 1 aromatic rings. The maximum Gasteiger partial charge on any atom is 0.247 e. The number of pyridine rings is 1. The predicted molar refractivity (Wildman–Crippen MR) is 94.0 cm³/mol. The molecular formula is C18H26N4O2. The van der Waals surface area contributed by atoms with Gasteiger partial charge in [-0.3, -0.25) is 9.59 Å². The van der Waals surface area contributed by atoms with Crippen molar-refractivity contribution in [3.63, 3.8) is 0 Å². The van der Waals surface area contributed by atoms with E-state index in [2.05, 4.69) is 15.2 Å². The highest BCUT2D eigenvalue weighted by Gasteiger charge is 2.32. The molecule has 6 nitrogen and oxygen atoms in total. The molecule has 2 aliphatic rings. The van der Waals surface area contributed by atoms with Crippen molar-refractivity contribution >= 4 is 23.3 Å². The molecule has 2 amide bonds. The average Bonchev–Trinajstić information content (AvgIpc) is 3.03. The molecule has 0 saturated carbocycles. The van der Waals surface area contributed by atoms with Crippen LogP contribution < -0.4 is 10.2 Å². The summed E-state index contributed by atoms with van der Waals surface area (Å²) in [4.78, 5) is 33.2. The summed E-state index contributed by atoms with van der Waals surface area (Å²) in [5, 5.41) is 3.02. The molecule has 3 rings (SSSR count). The molecule has 0 aliphatic carbocycles. The van der Waals surface area contributed by atoms with Gasteiger partial charge in [-0.05, 0) is 44.2 Å². The second-order valence-corrected chi connectivity index (χ2v) is 6.53. The molecule has 0 spiro atoms. The highest BCUT2D eigenvalue weighted by atomic mass is 16.2. The van der Waals surface area contributed by atoms with Gasteiger partial charge in [0.2, 0.25) is 11.8 Å². The van der Waals surface area contributed by atoms with E-state index in [1.165, 1.54) is 6.42 Å². The summed E-state index contributed by atoms with van der Waals surface area (Å²) in [5.74, 6) is 0.812. The Morgan fingerprint density at radius 3 is 2.71 bits per heavy atom. The number of rotatable bonds is 5. The van der Waals surface area contributed by atoms with Gasteiger partial charge in [0.25, 0.3) is 0 Å². The zero-order valence-electron chi connectivity index (χ0n) is 14.3. The largest absolute Gasteiger partial charge is 0.355 e. The lowest BCUT2D eigenvalue weighted by Gasteiger charge is -2.30. The van der Waals surface area contributed by atoms with E-state index in [0.717, 1.165) is 43.9 Å². The van der Waals surface area contributed by atoms with Crippen molar-refractivity contribution in [1.82, 2.24) is 9.88 Å². The molecule has 1 unspecified atom stereocenters. The molecule has 2 fully saturated rings. The Morgan fingerprint density at radius 1 is 1.25 bits per heavy atom. The third-order valence-electron chi connectivity index (χ3n) is 4.88. The fourth-order valence-electron chi connectivity index (χ4n) is 3.61. The summed E-state index contributed by atoms with van der Waals surface area (Å²) in [5.41, 5.74) is 0.745. The summed E-state index contributed by atoms with van der Waals surface area (Å²) >= 11 is 0. The van der Waals surface area contributed by atoms with Crippen LogP contribution >= 0.6 is 0 Å². The first-order chi connectivity index (χ1) is 11.7. The number of amides is 2. The van der Waals surface area contributed by atoms with Crippen LogP contribution in [0.3, 0.4) is 0 Å². The van der Waals surface area contributed by atoms with Crippen LogP contribution in [0.1, 0.15) is 45.4 Å². The number of carbonyl (C=O) groups is 2. The van der Waals surface area contributed by atoms with Crippen molar-refractivity contribution < 1.29 is 9.59 Å². The van der Waals surface area contributed by atoms with Crippen LogP contribution in [0.2, 0.25) is 0 Å². The molecule has 0 radical (unpaired) electrons. The number of nitrogens with one attached hydrogen (secondary N) is 1. The first-order valence-electron chi connectivity index (χ1n) is 9.01. The Morgan fingerprint density at radius 2 is 2.04 bits per heavy atom. The number of hydrogen-bond donors (Lipinski definition) is 1. The number of carbonyl (C=O) groups excluding carboxylic acids is 2. The number of nitrogens with zero attached hydrogens (tertiary/aromatic N) is 3. The van der Waals surface area contributed by atoms with Crippen LogP contribution in [0.15, 0.2) is 18.3 Å². The van der Waals surface area contributed by atoms with E-state index >= 15 is 0 Å². The Kier molecular flexibility index (Phi) is 5.33. The Balaban J connectivity index is 1.75. The minimum absolute atomic E-state index is 0.0828. The van der Waals surface area contributed by atoms with Crippen LogP contribution in [0.4, 0.5) is 11.5 Å². The molecule has 2 saturated heterocycles. The van der Waals surface area contributed by atoms with Crippen molar-refractivity contribution in [2.75, 3.05) is 29.9 Å². The predicted octanol–water partition coefficient (Wildman–Crippen LogP) is 2.41. The van der Waals surface area contributed by atoms with Crippen LogP contribution in [0, 0.1) is 0 Å². The molecule has 6 heteroatoms. The van der Waals surface area contributed by atoms with E-state index in [9.17, 15) is 9.59 Å². The molecule has 1 atom stereocenters. The van der Waals surface area contributed by atoms with E-state index in [1.54, 1.807) is 11.1 Å². The molecule has 1 N–H and O–H groups in total. The van der Waals surface area contributed by atoms with E-state index in [-0.39, 0.29) is 11.8 Å². The van der Waals surface area contributed by atoms with Gasteiger partial charge in [-0.25, -0.2) is 4.98 Å². The fourth-order valence-corrected chi connectivity index (χ4v) is 3.61. The van der Waals surface area contributed by atoms with Crippen molar-refractivity contribution in [3.05, 3.63) is 18.3 Å². The summed E-state index contributed by atoms with van der Waals surface area (Å²) in [6.07, 6.45) is 7.34. The highest BCUT2D eigenvalue weighted by molar-refractivity contribution is 5.99. The Labute approximate surface area is 143 Å². The number of aromatic nitrogens is 1. The van der Waals surface area contributed by atoms with Crippen molar-refractivity contribution in [3.8, 4) is 0 Å². The zero-order chi connectivity index (χ0) is 16.9. The summed E-state index contributed by atoms with van der Waals surface area (Å²) < 4.78 is 0. The Bertz CT molecular complexity index is 598. The lowest BCUT2D eigenvalue weighted by Crippen LogP contribution is -2.44. The van der Waals surface area contributed by atoms with Crippen LogP contribution in [-0.4, -0.2) is 47.4 Å². The molecular weight excluding hydrogens is 304 g/mol. The van der Waals surface area contributed by atoms with Gasteiger partial charge in [0.05, 0.1) is 5.69 Å². The molecule has 2 aliphatic heterocycles. The second-order valence-electron chi connectivity index (χ2n) is 6.53. The summed E-state index contributed by atoms with van der Waals surface area (Å²) in [6.45, 7) is 4.57. The molecule has 3 heterocycles. The number of hydrogen-bond acceptors (Lipinski definition) is 4. The summed E-state index contributed by atoms with van der Waals surface area (Å²) in [7, 11) is 0. The Hall–Kier alpha value is -2.11. The molecule has 24 heavy (non-hydrogen) atoms. The lowest BCUT2D eigenvalue weighted by molar-refractivity contribution is -0.135. The maximum atomic E-state index is 12.8. The average molecular weight is 330 g/mol. The third kappa shape index (κ3) is 3.52. The monoisotopic (exact) mass is 330 g/mol. The molecule has 1 aromatic heterocycles. The van der Waals surface area contributed by atoms with Crippen LogP contribution in [0.5, 0.6) is 0 Å². The third-order valence-corrected chi connectivity index (χ3v) is 4.88. The number of likely N-dealkylation sites (tertiary alicyclic amines) is 1. The van der Waals surface area contributed by atoms with Crippen molar-refractivity contribution in [2.45, 2.75) is 51.5 Å². The highest BCUT2D eigenvalue weighted by Crippen LogP contribution is 2.26. The van der Waals surface area contributed by atoms with E-state index < -0.39 is 6.04 Å². The topological polar surface area (TPSA) is 65.5 Å². The van der Waals surface area contributed by atoms with Gasteiger partial charge in [0, 0.05) is 32.3 Å². The number of piperidine rings is 1. The molecule has 0 bridgehead atoms. The number of anilines is 2.